The molecule has 1 aliphatic rings. The van der Waals surface area contributed by atoms with Crippen LogP contribution in [0.15, 0.2) is 48.5 Å². The Morgan fingerprint density at radius 2 is 1.83 bits per heavy atom. The molecular formula is C20H24N2O2. The van der Waals surface area contributed by atoms with Crippen molar-refractivity contribution in [2.75, 3.05) is 11.9 Å². The molecule has 0 spiro atoms. The van der Waals surface area contributed by atoms with Gasteiger partial charge in [-0.15, -0.1) is 0 Å². The van der Waals surface area contributed by atoms with Gasteiger partial charge in [0, 0.05) is 11.7 Å². The second-order valence-electron chi connectivity index (χ2n) is 6.06. The Bertz CT molecular complexity index is 712. The van der Waals surface area contributed by atoms with Gasteiger partial charge < -0.3 is 15.0 Å². The number of nitrogens with zero attached hydrogens (tertiary/aromatic N) is 1. The Morgan fingerprint density at radius 3 is 2.50 bits per heavy atom. The number of carbonyl (C=O) groups excluding carboxylic acids is 1. The van der Waals surface area contributed by atoms with Crippen LogP contribution in [0.5, 0.6) is 5.75 Å². The molecule has 2 aromatic rings. The summed E-state index contributed by atoms with van der Waals surface area (Å²) in [5.41, 5.74) is 2.68. The number of amides is 1. The van der Waals surface area contributed by atoms with Crippen molar-refractivity contribution in [2.24, 2.45) is 0 Å². The average molecular weight is 324 g/mol. The normalized spacial score (nSPS) is 17.9. The summed E-state index contributed by atoms with van der Waals surface area (Å²) in [5, 5.41) is 3.52. The van der Waals surface area contributed by atoms with E-state index in [0.29, 0.717) is 6.61 Å². The van der Waals surface area contributed by atoms with Gasteiger partial charge in [-0.25, -0.2) is 0 Å². The maximum absolute atomic E-state index is 13.0. The molecule has 0 unspecified atom stereocenters. The first-order valence-corrected chi connectivity index (χ1v) is 8.56. The van der Waals surface area contributed by atoms with Crippen LogP contribution in [-0.4, -0.2) is 23.5 Å². The molecule has 0 fully saturated rings. The molecule has 126 valence electrons. The van der Waals surface area contributed by atoms with Crippen LogP contribution in [0.4, 0.5) is 5.69 Å². The lowest BCUT2D eigenvalue weighted by Crippen LogP contribution is -2.47. The lowest BCUT2D eigenvalue weighted by Gasteiger charge is -2.41. The van der Waals surface area contributed by atoms with Gasteiger partial charge in [0.15, 0.2) is 0 Å². The number of fused-ring (bicyclic) bond motifs is 1. The molecule has 0 saturated carbocycles. The minimum atomic E-state index is -0.168. The van der Waals surface area contributed by atoms with E-state index >= 15 is 0 Å². The number of anilines is 1. The van der Waals surface area contributed by atoms with Crippen molar-refractivity contribution in [3.8, 4) is 5.75 Å². The van der Waals surface area contributed by atoms with Crippen molar-refractivity contribution < 1.29 is 9.53 Å². The number of carbonyl (C=O) groups is 1. The van der Waals surface area contributed by atoms with Crippen molar-refractivity contribution >= 4 is 11.6 Å². The predicted molar refractivity (Wildman–Crippen MR) is 96.3 cm³/mol. The Kier molecular flexibility index (Phi) is 4.74. The Labute approximate surface area is 143 Å². The predicted octanol–water partition coefficient (Wildman–Crippen LogP) is 4.45. The summed E-state index contributed by atoms with van der Waals surface area (Å²) in [6.45, 7) is 6.81. The highest BCUT2D eigenvalue weighted by atomic mass is 16.5. The van der Waals surface area contributed by atoms with E-state index in [1.807, 2.05) is 60.4 Å². The quantitative estimate of drug-likeness (QED) is 0.883. The molecule has 0 bridgehead atoms. The molecule has 1 N–H and O–H groups in total. The third kappa shape index (κ3) is 2.96. The van der Waals surface area contributed by atoms with Gasteiger partial charge in [0.25, 0.3) is 5.91 Å². The standard InChI is InChI=1S/C20H24N2O2/c1-4-14(3)22-19(15-10-12-16(13-11-15)24-5-2)21-18-9-7-6-8-17(18)20(22)23/h6-14,19,21H,4-5H2,1-3H3/t14-,19+/m1/s1. The van der Waals surface area contributed by atoms with Crippen molar-refractivity contribution in [1.29, 1.82) is 0 Å². The minimum absolute atomic E-state index is 0.0811. The number of nitrogens with one attached hydrogen (secondary N) is 1. The highest BCUT2D eigenvalue weighted by molar-refractivity contribution is 6.01. The molecule has 1 amide bonds. The van der Waals surface area contributed by atoms with Gasteiger partial charge >= 0.3 is 0 Å². The van der Waals surface area contributed by atoms with E-state index in [1.54, 1.807) is 0 Å². The van der Waals surface area contributed by atoms with Crippen LogP contribution in [0, 0.1) is 0 Å². The van der Waals surface area contributed by atoms with Gasteiger partial charge in [-0.1, -0.05) is 31.2 Å². The Balaban J connectivity index is 1.99. The molecule has 0 radical (unpaired) electrons. The third-order valence-corrected chi connectivity index (χ3v) is 4.53. The summed E-state index contributed by atoms with van der Waals surface area (Å²) in [4.78, 5) is 15.0. The fraction of sp³-hybridized carbons (Fsp3) is 0.350. The highest BCUT2D eigenvalue weighted by Gasteiger charge is 2.35. The molecular weight excluding hydrogens is 300 g/mol. The Morgan fingerprint density at radius 1 is 1.12 bits per heavy atom. The smallest absolute Gasteiger partial charge is 0.258 e. The second-order valence-corrected chi connectivity index (χ2v) is 6.06. The highest BCUT2D eigenvalue weighted by Crippen LogP contribution is 2.35. The molecule has 1 aliphatic heterocycles. The lowest BCUT2D eigenvalue weighted by atomic mass is 10.0. The zero-order valence-corrected chi connectivity index (χ0v) is 14.5. The van der Waals surface area contributed by atoms with Gasteiger partial charge in [0.1, 0.15) is 11.9 Å². The molecule has 4 heteroatoms. The van der Waals surface area contributed by atoms with Crippen molar-refractivity contribution in [3.05, 3.63) is 59.7 Å². The number of benzene rings is 2. The van der Waals surface area contributed by atoms with E-state index < -0.39 is 0 Å². The number of hydrogen-bond acceptors (Lipinski definition) is 3. The fourth-order valence-corrected chi connectivity index (χ4v) is 3.08. The van der Waals surface area contributed by atoms with Crippen molar-refractivity contribution in [2.45, 2.75) is 39.4 Å². The zero-order chi connectivity index (χ0) is 17.1. The molecule has 1 heterocycles. The summed E-state index contributed by atoms with van der Waals surface area (Å²) in [6, 6.07) is 15.8. The maximum Gasteiger partial charge on any atom is 0.258 e. The summed E-state index contributed by atoms with van der Waals surface area (Å²) >= 11 is 0. The van der Waals surface area contributed by atoms with Crippen LogP contribution in [0.1, 0.15) is 49.3 Å². The molecule has 2 aromatic carbocycles. The topological polar surface area (TPSA) is 41.6 Å². The number of hydrogen-bond donors (Lipinski definition) is 1. The van der Waals surface area contributed by atoms with E-state index in [2.05, 4.69) is 19.2 Å². The van der Waals surface area contributed by atoms with Gasteiger partial charge in [0.2, 0.25) is 0 Å². The largest absolute Gasteiger partial charge is 0.494 e. The molecule has 4 nitrogen and oxygen atoms in total. The van der Waals surface area contributed by atoms with Crippen LogP contribution >= 0.6 is 0 Å². The Hall–Kier alpha value is -2.49. The van der Waals surface area contributed by atoms with Crippen LogP contribution in [0.3, 0.4) is 0 Å². The van der Waals surface area contributed by atoms with Gasteiger partial charge in [-0.3, -0.25) is 4.79 Å². The monoisotopic (exact) mass is 324 g/mol. The van der Waals surface area contributed by atoms with Crippen molar-refractivity contribution in [3.63, 3.8) is 0 Å². The lowest BCUT2D eigenvalue weighted by molar-refractivity contribution is 0.0593. The summed E-state index contributed by atoms with van der Waals surface area (Å²) < 4.78 is 5.52. The molecule has 2 atom stereocenters. The van der Waals surface area contributed by atoms with Gasteiger partial charge in [0.05, 0.1) is 12.2 Å². The average Bonchev–Trinajstić information content (AvgIpc) is 2.62. The summed E-state index contributed by atoms with van der Waals surface area (Å²) in [5.74, 6) is 0.927. The molecule has 24 heavy (non-hydrogen) atoms. The van der Waals surface area contributed by atoms with E-state index in [1.165, 1.54) is 0 Å². The van der Waals surface area contributed by atoms with Gasteiger partial charge in [-0.2, -0.15) is 0 Å². The molecule has 3 rings (SSSR count). The van der Waals surface area contributed by atoms with Crippen LogP contribution in [0.25, 0.3) is 0 Å². The van der Waals surface area contributed by atoms with Crippen molar-refractivity contribution in [1.82, 2.24) is 4.90 Å². The number of para-hydroxylation sites is 1. The third-order valence-electron chi connectivity index (χ3n) is 4.53. The van der Waals surface area contributed by atoms with E-state index in [0.717, 1.165) is 29.0 Å². The summed E-state index contributed by atoms with van der Waals surface area (Å²) in [6.07, 6.45) is 0.737. The summed E-state index contributed by atoms with van der Waals surface area (Å²) in [7, 11) is 0. The first-order chi connectivity index (χ1) is 11.7. The fourth-order valence-electron chi connectivity index (χ4n) is 3.08. The first-order valence-electron chi connectivity index (χ1n) is 8.56. The molecule has 0 saturated heterocycles. The maximum atomic E-state index is 13.0. The number of ether oxygens (including phenoxy) is 1. The van der Waals surface area contributed by atoms with E-state index in [-0.39, 0.29) is 18.1 Å². The SMILES string of the molecule is CCOc1ccc([C@H]2Nc3ccccc3C(=O)N2[C@H](C)CC)cc1. The van der Waals surface area contributed by atoms with Crippen LogP contribution < -0.4 is 10.1 Å². The van der Waals surface area contributed by atoms with Gasteiger partial charge in [-0.05, 0) is 50.1 Å². The van der Waals surface area contributed by atoms with Crippen LogP contribution in [0.2, 0.25) is 0 Å². The number of rotatable bonds is 5. The second kappa shape index (κ2) is 6.95. The zero-order valence-electron chi connectivity index (χ0n) is 14.5. The van der Waals surface area contributed by atoms with E-state index in [4.69, 9.17) is 4.74 Å². The molecule has 0 aliphatic carbocycles. The van der Waals surface area contributed by atoms with E-state index in [9.17, 15) is 4.79 Å². The van der Waals surface area contributed by atoms with Crippen LogP contribution in [-0.2, 0) is 0 Å². The molecule has 0 aromatic heterocycles. The first kappa shape index (κ1) is 16.4. The minimum Gasteiger partial charge on any atom is -0.494 e.